The van der Waals surface area contributed by atoms with Gasteiger partial charge in [0.1, 0.15) is 10.8 Å². The number of thiazole rings is 1. The lowest BCUT2D eigenvalue weighted by Crippen LogP contribution is -2.04. The van der Waals surface area contributed by atoms with E-state index in [1.165, 1.54) is 17.4 Å². The molecule has 0 saturated carbocycles. The number of anilines is 1. The second-order valence-corrected chi connectivity index (χ2v) is 5.57. The maximum atomic E-state index is 13.6. The first-order chi connectivity index (χ1) is 8.65. The average molecular weight is 327 g/mol. The highest BCUT2D eigenvalue weighted by Crippen LogP contribution is 2.25. The average Bonchev–Trinajstić information content (AvgIpc) is 2.92. The lowest BCUT2D eigenvalue weighted by molar-refractivity contribution is 0.622. The van der Waals surface area contributed by atoms with Crippen LogP contribution in [0.25, 0.3) is 11.0 Å². The highest BCUT2D eigenvalue weighted by Gasteiger charge is 2.12. The summed E-state index contributed by atoms with van der Waals surface area (Å²) in [4.78, 5) is 8.41. The second-order valence-electron chi connectivity index (χ2n) is 3.74. The molecule has 0 atom stereocenters. The SMILES string of the molecule is Nc1nc2cc(Br)c(F)cc2n1Cc1nccs1. The lowest BCUT2D eigenvalue weighted by atomic mass is 10.3. The molecule has 2 N–H and O–H groups in total. The molecule has 0 radical (unpaired) electrons. The highest BCUT2D eigenvalue weighted by atomic mass is 79.9. The molecule has 0 unspecified atom stereocenters. The van der Waals surface area contributed by atoms with Gasteiger partial charge in [0.25, 0.3) is 0 Å². The molecular weight excluding hydrogens is 319 g/mol. The molecule has 0 saturated heterocycles. The Hall–Kier alpha value is -1.47. The monoisotopic (exact) mass is 326 g/mol. The fraction of sp³-hybridized carbons (Fsp3) is 0.0909. The molecule has 0 fully saturated rings. The second kappa shape index (κ2) is 4.33. The first kappa shape index (κ1) is 11.6. The molecule has 0 amide bonds. The number of nitrogen functional groups attached to an aromatic ring is 1. The highest BCUT2D eigenvalue weighted by molar-refractivity contribution is 9.10. The van der Waals surface area contributed by atoms with Crippen LogP contribution in [0.5, 0.6) is 0 Å². The fourth-order valence-corrected chi connectivity index (χ4v) is 2.71. The molecule has 18 heavy (non-hydrogen) atoms. The topological polar surface area (TPSA) is 56.7 Å². The van der Waals surface area contributed by atoms with E-state index in [2.05, 4.69) is 25.9 Å². The molecule has 7 heteroatoms. The minimum Gasteiger partial charge on any atom is -0.369 e. The Bertz CT molecular complexity index is 707. The first-order valence-corrected chi connectivity index (χ1v) is 6.81. The number of nitrogens with zero attached hydrogens (tertiary/aromatic N) is 3. The van der Waals surface area contributed by atoms with E-state index in [-0.39, 0.29) is 5.82 Å². The van der Waals surface area contributed by atoms with Crippen LogP contribution in [0.4, 0.5) is 10.3 Å². The van der Waals surface area contributed by atoms with Crippen LogP contribution in [0.1, 0.15) is 5.01 Å². The van der Waals surface area contributed by atoms with E-state index in [1.807, 2.05) is 5.38 Å². The van der Waals surface area contributed by atoms with Gasteiger partial charge in [-0.1, -0.05) is 0 Å². The van der Waals surface area contributed by atoms with Crippen molar-refractivity contribution in [2.45, 2.75) is 6.54 Å². The summed E-state index contributed by atoms with van der Waals surface area (Å²) in [6, 6.07) is 3.05. The molecule has 0 bridgehead atoms. The summed E-state index contributed by atoms with van der Waals surface area (Å²) in [6.07, 6.45) is 1.73. The summed E-state index contributed by atoms with van der Waals surface area (Å²) >= 11 is 4.66. The molecule has 4 nitrogen and oxygen atoms in total. The van der Waals surface area contributed by atoms with Gasteiger partial charge in [-0.25, -0.2) is 14.4 Å². The van der Waals surface area contributed by atoms with E-state index in [0.717, 1.165) is 5.01 Å². The van der Waals surface area contributed by atoms with Gasteiger partial charge in [0.15, 0.2) is 0 Å². The van der Waals surface area contributed by atoms with Crippen LogP contribution in [0.3, 0.4) is 0 Å². The minimum atomic E-state index is -0.331. The van der Waals surface area contributed by atoms with Crippen molar-refractivity contribution in [2.24, 2.45) is 0 Å². The molecule has 0 aliphatic carbocycles. The largest absolute Gasteiger partial charge is 0.369 e. The van der Waals surface area contributed by atoms with E-state index < -0.39 is 0 Å². The van der Waals surface area contributed by atoms with Crippen LogP contribution >= 0.6 is 27.3 Å². The third-order valence-electron chi connectivity index (χ3n) is 2.60. The van der Waals surface area contributed by atoms with E-state index in [1.54, 1.807) is 16.8 Å². The van der Waals surface area contributed by atoms with Crippen molar-refractivity contribution in [3.63, 3.8) is 0 Å². The summed E-state index contributed by atoms with van der Waals surface area (Å²) in [6.45, 7) is 0.501. The number of hydrogen-bond acceptors (Lipinski definition) is 4. The van der Waals surface area contributed by atoms with Gasteiger partial charge in [0.05, 0.1) is 22.1 Å². The molecule has 0 aliphatic heterocycles. The van der Waals surface area contributed by atoms with Crippen molar-refractivity contribution in [2.75, 3.05) is 5.73 Å². The lowest BCUT2D eigenvalue weighted by Gasteiger charge is -2.04. The van der Waals surface area contributed by atoms with Crippen molar-refractivity contribution < 1.29 is 4.39 Å². The standard InChI is InChI=1S/C11H8BrFN4S/c12-6-3-8-9(4-7(6)13)17(11(14)16-8)5-10-15-1-2-18-10/h1-4H,5H2,(H2,14,16). The van der Waals surface area contributed by atoms with Crippen LogP contribution < -0.4 is 5.73 Å². The minimum absolute atomic E-state index is 0.331. The molecule has 1 aromatic carbocycles. The summed E-state index contributed by atoms with van der Waals surface area (Å²) < 4.78 is 15.7. The molecule has 0 aliphatic rings. The van der Waals surface area contributed by atoms with Crippen LogP contribution in [-0.4, -0.2) is 14.5 Å². The number of aromatic nitrogens is 3. The summed E-state index contributed by atoms with van der Waals surface area (Å²) in [5.74, 6) is 0.0282. The molecule has 3 aromatic rings. The number of imidazole rings is 1. The Labute approximate surface area is 114 Å². The van der Waals surface area contributed by atoms with Gasteiger partial charge >= 0.3 is 0 Å². The predicted molar refractivity (Wildman–Crippen MR) is 73.0 cm³/mol. The summed E-state index contributed by atoms with van der Waals surface area (Å²) in [5, 5.41) is 2.80. The number of benzene rings is 1. The molecule has 0 spiro atoms. The summed E-state index contributed by atoms with van der Waals surface area (Å²) in [5.41, 5.74) is 7.20. The number of rotatable bonds is 2. The quantitative estimate of drug-likeness (QED) is 0.787. The van der Waals surface area contributed by atoms with E-state index >= 15 is 0 Å². The van der Waals surface area contributed by atoms with E-state index in [0.29, 0.717) is 28.0 Å². The normalized spacial score (nSPS) is 11.2. The third-order valence-corrected chi connectivity index (χ3v) is 3.97. The Morgan fingerprint density at radius 2 is 2.28 bits per heavy atom. The first-order valence-electron chi connectivity index (χ1n) is 5.14. The van der Waals surface area contributed by atoms with E-state index in [9.17, 15) is 4.39 Å². The van der Waals surface area contributed by atoms with Crippen molar-refractivity contribution in [3.05, 3.63) is 39.0 Å². The zero-order valence-corrected chi connectivity index (χ0v) is 11.5. The van der Waals surface area contributed by atoms with Gasteiger partial charge in [-0.2, -0.15) is 0 Å². The zero-order chi connectivity index (χ0) is 12.7. The summed E-state index contributed by atoms with van der Waals surface area (Å²) in [7, 11) is 0. The van der Waals surface area contributed by atoms with Crippen LogP contribution in [0, 0.1) is 5.82 Å². The smallest absolute Gasteiger partial charge is 0.201 e. The number of hydrogen-bond donors (Lipinski definition) is 1. The van der Waals surface area contributed by atoms with Gasteiger partial charge < -0.3 is 10.3 Å². The Morgan fingerprint density at radius 1 is 1.44 bits per heavy atom. The Balaban J connectivity index is 2.16. The number of fused-ring (bicyclic) bond motifs is 1. The van der Waals surface area contributed by atoms with Gasteiger partial charge in [0.2, 0.25) is 5.95 Å². The van der Waals surface area contributed by atoms with Gasteiger partial charge in [-0.05, 0) is 22.0 Å². The van der Waals surface area contributed by atoms with Crippen LogP contribution in [-0.2, 0) is 6.54 Å². The molecule has 2 aromatic heterocycles. The molecule has 92 valence electrons. The third kappa shape index (κ3) is 1.89. The molecule has 3 rings (SSSR count). The predicted octanol–water partition coefficient (Wildman–Crippen LogP) is 3.02. The maximum Gasteiger partial charge on any atom is 0.201 e. The van der Waals surface area contributed by atoms with Crippen molar-refractivity contribution >= 4 is 44.2 Å². The Kier molecular flexibility index (Phi) is 2.79. The van der Waals surface area contributed by atoms with Crippen LogP contribution in [0.15, 0.2) is 28.2 Å². The van der Waals surface area contributed by atoms with Crippen molar-refractivity contribution in [1.82, 2.24) is 14.5 Å². The Morgan fingerprint density at radius 3 is 3.00 bits per heavy atom. The van der Waals surface area contributed by atoms with Gasteiger partial charge in [-0.3, -0.25) is 0 Å². The fourth-order valence-electron chi connectivity index (χ4n) is 1.77. The van der Waals surface area contributed by atoms with Crippen LogP contribution in [0.2, 0.25) is 0 Å². The number of halogens is 2. The zero-order valence-electron chi connectivity index (χ0n) is 9.10. The van der Waals surface area contributed by atoms with Gasteiger partial charge in [-0.15, -0.1) is 11.3 Å². The number of nitrogens with two attached hydrogens (primary N) is 1. The maximum absolute atomic E-state index is 13.6. The van der Waals surface area contributed by atoms with Gasteiger partial charge in [0, 0.05) is 17.6 Å². The molecule has 2 heterocycles. The van der Waals surface area contributed by atoms with Crippen molar-refractivity contribution in [1.29, 1.82) is 0 Å². The molecular formula is C11H8BrFN4S. The van der Waals surface area contributed by atoms with E-state index in [4.69, 9.17) is 5.73 Å². The van der Waals surface area contributed by atoms with Crippen molar-refractivity contribution in [3.8, 4) is 0 Å².